The third-order valence-electron chi connectivity index (χ3n) is 3.56. The van der Waals surface area contributed by atoms with Crippen LogP contribution in [0.25, 0.3) is 0 Å². The van der Waals surface area contributed by atoms with Gasteiger partial charge in [0, 0.05) is 12.6 Å². The topological polar surface area (TPSA) is 50.7 Å². The van der Waals surface area contributed by atoms with Crippen LogP contribution in [0, 0.1) is 0 Å². The Kier molecular flexibility index (Phi) is 5.03. The monoisotopic (exact) mass is 229 g/mol. The quantitative estimate of drug-likeness (QED) is 0.710. The molecule has 1 aliphatic carbocycles. The van der Waals surface area contributed by atoms with E-state index in [9.17, 15) is 5.11 Å². The molecule has 1 aliphatic heterocycles. The Morgan fingerprint density at radius 1 is 1.12 bits per heavy atom. The van der Waals surface area contributed by atoms with Crippen molar-refractivity contribution in [1.82, 2.24) is 5.32 Å². The summed E-state index contributed by atoms with van der Waals surface area (Å²) in [6.07, 6.45) is 6.69. The largest absolute Gasteiger partial charge is 0.392 e. The molecule has 3 atom stereocenters. The molecule has 4 heteroatoms. The van der Waals surface area contributed by atoms with Gasteiger partial charge >= 0.3 is 0 Å². The van der Waals surface area contributed by atoms with Crippen molar-refractivity contribution in [1.29, 1.82) is 0 Å². The van der Waals surface area contributed by atoms with Crippen molar-refractivity contribution >= 4 is 0 Å². The molecule has 0 aromatic rings. The third kappa shape index (κ3) is 3.70. The zero-order chi connectivity index (χ0) is 11.2. The fraction of sp³-hybridized carbons (Fsp3) is 1.00. The Balaban J connectivity index is 1.70. The van der Waals surface area contributed by atoms with Crippen LogP contribution in [-0.2, 0) is 9.47 Å². The Bertz CT molecular complexity index is 195. The molecule has 16 heavy (non-hydrogen) atoms. The molecule has 2 N–H and O–H groups in total. The van der Waals surface area contributed by atoms with Gasteiger partial charge in [0.25, 0.3) is 0 Å². The lowest BCUT2D eigenvalue weighted by Gasteiger charge is -2.27. The molecule has 2 aliphatic rings. The predicted octanol–water partition coefficient (Wildman–Crippen LogP) is 1.03. The number of hydrogen-bond acceptors (Lipinski definition) is 4. The van der Waals surface area contributed by atoms with E-state index in [0.29, 0.717) is 6.79 Å². The fourth-order valence-corrected chi connectivity index (χ4v) is 2.47. The first kappa shape index (κ1) is 12.3. The molecule has 1 saturated carbocycles. The summed E-state index contributed by atoms with van der Waals surface area (Å²) >= 11 is 0. The summed E-state index contributed by atoms with van der Waals surface area (Å²) in [5, 5.41) is 13.4. The van der Waals surface area contributed by atoms with Crippen LogP contribution < -0.4 is 5.32 Å². The minimum atomic E-state index is -0.178. The predicted molar refractivity (Wildman–Crippen MR) is 61.2 cm³/mol. The fourth-order valence-electron chi connectivity index (χ4n) is 2.47. The molecule has 4 nitrogen and oxygen atoms in total. The molecule has 1 heterocycles. The lowest BCUT2D eigenvalue weighted by molar-refractivity contribution is -0.138. The van der Waals surface area contributed by atoms with Gasteiger partial charge in [-0.25, -0.2) is 0 Å². The van der Waals surface area contributed by atoms with Gasteiger partial charge in [0.15, 0.2) is 0 Å². The van der Waals surface area contributed by atoms with E-state index in [1.54, 1.807) is 0 Å². The normalized spacial score (nSPS) is 36.9. The second kappa shape index (κ2) is 6.55. The van der Waals surface area contributed by atoms with Gasteiger partial charge in [0.2, 0.25) is 0 Å². The standard InChI is InChI=1S/C12H23NO3/c14-12-5-3-1-2-4-11(12)13-8-10-6-7-15-9-16-10/h10-14H,1-9H2. The number of aliphatic hydroxyl groups excluding tert-OH is 1. The van der Waals surface area contributed by atoms with Crippen LogP contribution in [0.5, 0.6) is 0 Å². The number of hydrogen-bond donors (Lipinski definition) is 2. The van der Waals surface area contributed by atoms with E-state index in [4.69, 9.17) is 9.47 Å². The highest BCUT2D eigenvalue weighted by Crippen LogP contribution is 2.18. The van der Waals surface area contributed by atoms with E-state index in [0.717, 1.165) is 38.8 Å². The zero-order valence-electron chi connectivity index (χ0n) is 9.86. The Morgan fingerprint density at radius 2 is 2.00 bits per heavy atom. The average Bonchev–Trinajstić information content (AvgIpc) is 2.53. The Hall–Kier alpha value is -0.160. The van der Waals surface area contributed by atoms with Crippen LogP contribution in [0.3, 0.4) is 0 Å². The molecule has 94 valence electrons. The SMILES string of the molecule is OC1CCCCCC1NCC1CCOCO1. The molecule has 2 fully saturated rings. The van der Waals surface area contributed by atoms with Gasteiger partial charge in [-0.05, 0) is 19.3 Å². The van der Waals surface area contributed by atoms with E-state index >= 15 is 0 Å². The summed E-state index contributed by atoms with van der Waals surface area (Å²) in [6, 6.07) is 0.258. The lowest BCUT2D eigenvalue weighted by Crippen LogP contribution is -2.44. The van der Waals surface area contributed by atoms with E-state index in [-0.39, 0.29) is 18.2 Å². The molecule has 0 aromatic heterocycles. The van der Waals surface area contributed by atoms with Crippen LogP contribution in [0.2, 0.25) is 0 Å². The second-order valence-corrected chi connectivity index (χ2v) is 4.82. The van der Waals surface area contributed by atoms with E-state index < -0.39 is 0 Å². The number of aliphatic hydroxyl groups is 1. The molecule has 0 amide bonds. The summed E-state index contributed by atoms with van der Waals surface area (Å²) in [7, 11) is 0. The first-order chi connectivity index (χ1) is 7.86. The van der Waals surface area contributed by atoms with E-state index in [1.165, 1.54) is 12.8 Å². The van der Waals surface area contributed by atoms with Crippen LogP contribution in [-0.4, -0.2) is 43.3 Å². The molecule has 0 bridgehead atoms. The maximum absolute atomic E-state index is 9.95. The van der Waals surface area contributed by atoms with Crippen molar-refractivity contribution in [3.8, 4) is 0 Å². The minimum absolute atomic E-state index is 0.178. The summed E-state index contributed by atoms with van der Waals surface area (Å²) < 4.78 is 10.6. The Morgan fingerprint density at radius 3 is 2.81 bits per heavy atom. The van der Waals surface area contributed by atoms with Crippen LogP contribution in [0.4, 0.5) is 0 Å². The number of rotatable bonds is 3. The van der Waals surface area contributed by atoms with Crippen LogP contribution in [0.1, 0.15) is 38.5 Å². The van der Waals surface area contributed by atoms with Gasteiger partial charge < -0.3 is 19.9 Å². The first-order valence-corrected chi connectivity index (χ1v) is 6.47. The van der Waals surface area contributed by atoms with Crippen molar-refractivity contribution in [2.75, 3.05) is 19.9 Å². The molecular weight excluding hydrogens is 206 g/mol. The lowest BCUT2D eigenvalue weighted by atomic mass is 10.1. The average molecular weight is 229 g/mol. The summed E-state index contributed by atoms with van der Waals surface area (Å²) in [5.74, 6) is 0. The van der Waals surface area contributed by atoms with E-state index in [2.05, 4.69) is 5.32 Å². The highest BCUT2D eigenvalue weighted by molar-refractivity contribution is 4.80. The molecular formula is C12H23NO3. The smallest absolute Gasteiger partial charge is 0.147 e. The summed E-state index contributed by atoms with van der Waals surface area (Å²) in [4.78, 5) is 0. The van der Waals surface area contributed by atoms with Crippen molar-refractivity contribution in [2.45, 2.75) is 56.8 Å². The van der Waals surface area contributed by atoms with Gasteiger partial charge in [-0.1, -0.05) is 19.3 Å². The van der Waals surface area contributed by atoms with Crippen molar-refractivity contribution in [2.24, 2.45) is 0 Å². The number of ether oxygens (including phenoxy) is 2. The summed E-state index contributed by atoms with van der Waals surface area (Å²) in [6.45, 7) is 2.05. The highest BCUT2D eigenvalue weighted by Gasteiger charge is 2.23. The molecule has 0 spiro atoms. The summed E-state index contributed by atoms with van der Waals surface area (Å²) in [5.41, 5.74) is 0. The maximum Gasteiger partial charge on any atom is 0.147 e. The van der Waals surface area contributed by atoms with Crippen LogP contribution >= 0.6 is 0 Å². The minimum Gasteiger partial charge on any atom is -0.392 e. The van der Waals surface area contributed by atoms with Gasteiger partial charge in [-0.15, -0.1) is 0 Å². The van der Waals surface area contributed by atoms with Crippen molar-refractivity contribution in [3.63, 3.8) is 0 Å². The van der Waals surface area contributed by atoms with E-state index in [1.807, 2.05) is 0 Å². The van der Waals surface area contributed by atoms with Gasteiger partial charge in [0.1, 0.15) is 6.79 Å². The highest BCUT2D eigenvalue weighted by atomic mass is 16.7. The Labute approximate surface area is 97.3 Å². The number of nitrogens with one attached hydrogen (secondary N) is 1. The first-order valence-electron chi connectivity index (χ1n) is 6.47. The van der Waals surface area contributed by atoms with Gasteiger partial charge in [-0.2, -0.15) is 0 Å². The zero-order valence-corrected chi connectivity index (χ0v) is 9.86. The van der Waals surface area contributed by atoms with Gasteiger partial charge in [-0.3, -0.25) is 0 Å². The van der Waals surface area contributed by atoms with Crippen LogP contribution in [0.15, 0.2) is 0 Å². The van der Waals surface area contributed by atoms with Crippen molar-refractivity contribution < 1.29 is 14.6 Å². The molecule has 0 aromatic carbocycles. The second-order valence-electron chi connectivity index (χ2n) is 4.82. The molecule has 3 unspecified atom stereocenters. The van der Waals surface area contributed by atoms with Gasteiger partial charge in [0.05, 0.1) is 18.8 Å². The van der Waals surface area contributed by atoms with Crippen molar-refractivity contribution in [3.05, 3.63) is 0 Å². The molecule has 2 rings (SSSR count). The third-order valence-corrected chi connectivity index (χ3v) is 3.56. The maximum atomic E-state index is 9.95. The molecule has 1 saturated heterocycles. The molecule has 0 radical (unpaired) electrons.